The molecular formula is C27H31F2N3O2. The van der Waals surface area contributed by atoms with E-state index in [9.17, 15) is 13.6 Å². The molecule has 3 N–H and O–H groups in total. The summed E-state index contributed by atoms with van der Waals surface area (Å²) in [6.45, 7) is 0.381. The van der Waals surface area contributed by atoms with Gasteiger partial charge in [0.1, 0.15) is 12.4 Å². The molecule has 1 aliphatic heterocycles. The Labute approximate surface area is 198 Å². The molecule has 5 nitrogen and oxygen atoms in total. The highest BCUT2D eigenvalue weighted by Crippen LogP contribution is 2.35. The van der Waals surface area contributed by atoms with Gasteiger partial charge in [0, 0.05) is 47.4 Å². The van der Waals surface area contributed by atoms with Crippen molar-refractivity contribution in [1.29, 1.82) is 0 Å². The van der Waals surface area contributed by atoms with E-state index < -0.39 is 5.82 Å². The molecule has 2 aliphatic rings. The maximum absolute atomic E-state index is 14.3. The van der Waals surface area contributed by atoms with E-state index in [1.807, 2.05) is 6.20 Å². The van der Waals surface area contributed by atoms with Crippen LogP contribution >= 0.6 is 0 Å². The van der Waals surface area contributed by atoms with E-state index >= 15 is 0 Å². The molecule has 3 aromatic rings. The zero-order valence-corrected chi connectivity index (χ0v) is 19.4. The molecule has 5 rings (SSSR count). The third-order valence-electron chi connectivity index (χ3n) is 7.42. The second-order valence-corrected chi connectivity index (χ2v) is 9.55. The van der Waals surface area contributed by atoms with E-state index in [0.717, 1.165) is 35.7 Å². The fourth-order valence-electron chi connectivity index (χ4n) is 5.37. The molecule has 2 heterocycles. The van der Waals surface area contributed by atoms with Crippen LogP contribution < -0.4 is 15.4 Å². The highest BCUT2D eigenvalue weighted by molar-refractivity contribution is 5.96. The van der Waals surface area contributed by atoms with Crippen molar-refractivity contribution in [3.05, 3.63) is 64.9 Å². The Kier molecular flexibility index (Phi) is 6.55. The number of ether oxygens (including phenoxy) is 1. The lowest BCUT2D eigenvalue weighted by Crippen LogP contribution is -2.49. The summed E-state index contributed by atoms with van der Waals surface area (Å²) in [7, 11) is 1.58. The molecule has 0 spiro atoms. The van der Waals surface area contributed by atoms with E-state index in [0.29, 0.717) is 36.1 Å². The van der Waals surface area contributed by atoms with Crippen molar-refractivity contribution in [1.82, 2.24) is 15.6 Å². The van der Waals surface area contributed by atoms with Crippen LogP contribution in [0.2, 0.25) is 0 Å². The Morgan fingerprint density at radius 3 is 2.85 bits per heavy atom. The number of halogens is 2. The summed E-state index contributed by atoms with van der Waals surface area (Å²) in [5, 5.41) is 7.37. The molecule has 0 saturated heterocycles. The molecule has 34 heavy (non-hydrogen) atoms. The van der Waals surface area contributed by atoms with Crippen LogP contribution in [0.3, 0.4) is 0 Å². The molecule has 2 atom stereocenters. The number of carbonyl (C=O) groups excluding carboxylic acids is 1. The van der Waals surface area contributed by atoms with Crippen molar-refractivity contribution in [3.63, 3.8) is 0 Å². The molecule has 1 aliphatic carbocycles. The summed E-state index contributed by atoms with van der Waals surface area (Å²) in [6.07, 6.45) is 9.07. The maximum Gasteiger partial charge on any atom is 0.251 e. The summed E-state index contributed by atoms with van der Waals surface area (Å²) in [5.41, 5.74) is 3.21. The number of aryl methyl sites for hydroxylation is 1. The van der Waals surface area contributed by atoms with Crippen molar-refractivity contribution < 1.29 is 18.3 Å². The van der Waals surface area contributed by atoms with Gasteiger partial charge in [0.15, 0.2) is 11.6 Å². The van der Waals surface area contributed by atoms with Crippen LogP contribution in [0.5, 0.6) is 5.75 Å². The number of fused-ring (bicyclic) bond motifs is 2. The van der Waals surface area contributed by atoms with Gasteiger partial charge in [-0.1, -0.05) is 6.42 Å². The average Bonchev–Trinajstić information content (AvgIpc) is 3.19. The van der Waals surface area contributed by atoms with Crippen LogP contribution in [-0.2, 0) is 12.8 Å². The largest absolute Gasteiger partial charge is 0.489 e. The minimum Gasteiger partial charge on any atom is -0.489 e. The lowest BCUT2D eigenvalue weighted by atomic mass is 9.77. The molecule has 0 bridgehead atoms. The number of carbonyl (C=O) groups is 1. The summed E-state index contributed by atoms with van der Waals surface area (Å²) in [4.78, 5) is 15.6. The number of hydrogen-bond donors (Lipinski definition) is 3. The molecular weight excluding hydrogens is 436 g/mol. The van der Waals surface area contributed by atoms with E-state index in [4.69, 9.17) is 4.74 Å². The van der Waals surface area contributed by atoms with Crippen LogP contribution in [-0.4, -0.2) is 36.6 Å². The Balaban J connectivity index is 1.26. The first-order chi connectivity index (χ1) is 16.5. The molecule has 1 amide bonds. The Hall–Kier alpha value is -2.93. The standard InChI is InChI=1S/C27H31F2N3O2/c1-30-27(33)20-9-10-23(29)26-22(20)13-19(15-34-26)32-24(16-4-2-5-16)7-3-6-17-14-31-25-11-8-18(28)12-21(17)25/h8-12,14,16,19,24,31-32H,2-7,13,15H2,1H3,(H,30,33)/t19-,24?/m1/s1. The SMILES string of the molecule is CNC(=O)c1ccc(F)c2c1C[C@@H](NC(CCCc1c[nH]c3ccc(F)cc13)C1CCC1)CO2. The topological polar surface area (TPSA) is 66.2 Å². The Bertz CT molecular complexity index is 1190. The van der Waals surface area contributed by atoms with E-state index in [1.165, 1.54) is 37.5 Å². The van der Waals surface area contributed by atoms with Crippen molar-refractivity contribution in [2.75, 3.05) is 13.7 Å². The Morgan fingerprint density at radius 1 is 1.24 bits per heavy atom. The smallest absolute Gasteiger partial charge is 0.251 e. The number of amides is 1. The van der Waals surface area contributed by atoms with Crippen molar-refractivity contribution in [2.45, 2.75) is 57.0 Å². The Morgan fingerprint density at radius 2 is 2.09 bits per heavy atom. The van der Waals surface area contributed by atoms with Gasteiger partial charge >= 0.3 is 0 Å². The van der Waals surface area contributed by atoms with Gasteiger partial charge in [0.25, 0.3) is 5.91 Å². The van der Waals surface area contributed by atoms with Crippen molar-refractivity contribution in [3.8, 4) is 5.75 Å². The zero-order chi connectivity index (χ0) is 23.7. The first kappa shape index (κ1) is 22.8. The van der Waals surface area contributed by atoms with Gasteiger partial charge in [-0.2, -0.15) is 0 Å². The minimum absolute atomic E-state index is 0.0190. The van der Waals surface area contributed by atoms with Crippen LogP contribution in [0.1, 0.15) is 53.6 Å². The van der Waals surface area contributed by atoms with Crippen LogP contribution in [0.4, 0.5) is 8.78 Å². The summed E-state index contributed by atoms with van der Waals surface area (Å²) in [5.74, 6) is -0.0517. The quantitative estimate of drug-likeness (QED) is 0.442. The van der Waals surface area contributed by atoms with Crippen molar-refractivity contribution in [2.24, 2.45) is 5.92 Å². The number of rotatable bonds is 8. The lowest BCUT2D eigenvalue weighted by Gasteiger charge is -2.38. The number of benzene rings is 2. The molecule has 1 aromatic heterocycles. The van der Waals surface area contributed by atoms with Gasteiger partial charge in [0.2, 0.25) is 0 Å². The molecule has 180 valence electrons. The molecule has 1 unspecified atom stereocenters. The summed E-state index contributed by atoms with van der Waals surface area (Å²) in [6, 6.07) is 8.04. The first-order valence-corrected chi connectivity index (χ1v) is 12.2. The molecule has 7 heteroatoms. The van der Waals surface area contributed by atoms with Crippen LogP contribution in [0, 0.1) is 17.6 Å². The zero-order valence-electron chi connectivity index (χ0n) is 19.4. The number of aromatic nitrogens is 1. The van der Waals surface area contributed by atoms with Gasteiger partial charge in [-0.3, -0.25) is 4.79 Å². The predicted molar refractivity (Wildman–Crippen MR) is 128 cm³/mol. The van der Waals surface area contributed by atoms with E-state index in [1.54, 1.807) is 19.2 Å². The van der Waals surface area contributed by atoms with Crippen molar-refractivity contribution >= 4 is 16.8 Å². The van der Waals surface area contributed by atoms with Crippen LogP contribution in [0.25, 0.3) is 10.9 Å². The first-order valence-electron chi connectivity index (χ1n) is 12.2. The fourth-order valence-corrected chi connectivity index (χ4v) is 5.37. The maximum atomic E-state index is 14.3. The number of aromatic amines is 1. The van der Waals surface area contributed by atoms with Gasteiger partial charge in [-0.15, -0.1) is 0 Å². The van der Waals surface area contributed by atoms with Crippen LogP contribution in [0.15, 0.2) is 36.5 Å². The van der Waals surface area contributed by atoms with E-state index in [-0.39, 0.29) is 23.5 Å². The third-order valence-corrected chi connectivity index (χ3v) is 7.42. The lowest BCUT2D eigenvalue weighted by molar-refractivity contribution is 0.0959. The van der Waals surface area contributed by atoms with Gasteiger partial charge in [-0.05, 0) is 80.3 Å². The molecule has 1 fully saturated rings. The molecule has 2 aromatic carbocycles. The third kappa shape index (κ3) is 4.53. The van der Waals surface area contributed by atoms with E-state index in [2.05, 4.69) is 15.6 Å². The minimum atomic E-state index is -0.424. The van der Waals surface area contributed by atoms with Gasteiger partial charge < -0.3 is 20.4 Å². The fraction of sp³-hybridized carbons (Fsp3) is 0.444. The van der Waals surface area contributed by atoms with Gasteiger partial charge in [0.05, 0.1) is 0 Å². The van der Waals surface area contributed by atoms with Gasteiger partial charge in [-0.25, -0.2) is 8.78 Å². The second-order valence-electron chi connectivity index (χ2n) is 9.55. The number of nitrogens with one attached hydrogen (secondary N) is 3. The normalized spacial score (nSPS) is 18.7. The molecule has 1 saturated carbocycles. The predicted octanol–water partition coefficient (Wildman–Crippen LogP) is 4.89. The highest BCUT2D eigenvalue weighted by Gasteiger charge is 2.32. The summed E-state index contributed by atoms with van der Waals surface area (Å²) < 4.78 is 33.8. The summed E-state index contributed by atoms with van der Waals surface area (Å²) >= 11 is 0. The number of hydrogen-bond acceptors (Lipinski definition) is 3. The molecule has 0 radical (unpaired) electrons. The highest BCUT2D eigenvalue weighted by atomic mass is 19.1. The monoisotopic (exact) mass is 467 g/mol. The number of H-pyrrole nitrogens is 1. The average molecular weight is 468 g/mol. The second kappa shape index (κ2) is 9.74.